The van der Waals surface area contributed by atoms with Crippen molar-refractivity contribution in [2.45, 2.75) is 19.9 Å². The minimum Gasteiger partial charge on any atom is -0.355 e. The van der Waals surface area contributed by atoms with Gasteiger partial charge in [0.2, 0.25) is 0 Å². The first-order chi connectivity index (χ1) is 8.69. The van der Waals surface area contributed by atoms with Gasteiger partial charge in [-0.2, -0.15) is 0 Å². The lowest BCUT2D eigenvalue weighted by atomic mass is 10.1. The fourth-order valence-corrected chi connectivity index (χ4v) is 1.94. The van der Waals surface area contributed by atoms with Gasteiger partial charge in [-0.1, -0.05) is 42.8 Å². The summed E-state index contributed by atoms with van der Waals surface area (Å²) < 4.78 is 0. The van der Waals surface area contributed by atoms with Crippen LogP contribution in [0.4, 0.5) is 5.82 Å². The quantitative estimate of drug-likeness (QED) is 0.828. The average molecular weight is 261 g/mol. The van der Waals surface area contributed by atoms with Gasteiger partial charge in [0.1, 0.15) is 5.82 Å². The monoisotopic (exact) mass is 260 g/mol. The number of hydrogen-bond donors (Lipinski definition) is 0. The van der Waals surface area contributed by atoms with Crippen molar-refractivity contribution in [3.63, 3.8) is 0 Å². The highest BCUT2D eigenvalue weighted by molar-refractivity contribution is 6.30. The van der Waals surface area contributed by atoms with Crippen molar-refractivity contribution in [2.24, 2.45) is 0 Å². The average Bonchev–Trinajstić information content (AvgIpc) is 2.40. The molecule has 0 saturated carbocycles. The predicted molar refractivity (Wildman–Crippen MR) is 77.2 cm³/mol. The molecular formula is C15H17ClN2. The molecule has 0 fully saturated rings. The number of rotatable bonds is 4. The zero-order valence-electron chi connectivity index (χ0n) is 10.7. The molecule has 0 atom stereocenters. The second kappa shape index (κ2) is 5.87. The normalized spacial score (nSPS) is 10.4. The lowest BCUT2D eigenvalue weighted by Crippen LogP contribution is -2.17. The highest BCUT2D eigenvalue weighted by atomic mass is 35.5. The third-order valence-electron chi connectivity index (χ3n) is 2.95. The number of nitrogens with zero attached hydrogens (tertiary/aromatic N) is 2. The van der Waals surface area contributed by atoms with Gasteiger partial charge >= 0.3 is 0 Å². The molecule has 0 unspecified atom stereocenters. The van der Waals surface area contributed by atoms with Crippen molar-refractivity contribution in [2.75, 3.05) is 11.9 Å². The smallest absolute Gasteiger partial charge is 0.128 e. The number of aryl methyl sites for hydroxylation is 1. The molecule has 0 bridgehead atoms. The van der Waals surface area contributed by atoms with Crippen LogP contribution in [0.15, 0.2) is 42.6 Å². The van der Waals surface area contributed by atoms with Crippen molar-refractivity contribution in [1.29, 1.82) is 0 Å². The Balaban J connectivity index is 2.05. The van der Waals surface area contributed by atoms with Crippen LogP contribution in [0.5, 0.6) is 0 Å². The molecule has 2 nitrogen and oxygen atoms in total. The van der Waals surface area contributed by atoms with Crippen LogP contribution in [0.1, 0.15) is 18.1 Å². The minimum absolute atomic E-state index is 0.666. The Bertz CT molecular complexity index is 491. The molecule has 2 aromatic rings. The van der Waals surface area contributed by atoms with Crippen molar-refractivity contribution < 1.29 is 0 Å². The van der Waals surface area contributed by atoms with E-state index in [0.717, 1.165) is 18.8 Å². The topological polar surface area (TPSA) is 16.1 Å². The first-order valence-corrected chi connectivity index (χ1v) is 6.47. The maximum atomic E-state index is 5.83. The van der Waals surface area contributed by atoms with Gasteiger partial charge < -0.3 is 4.90 Å². The van der Waals surface area contributed by atoms with E-state index in [2.05, 4.69) is 41.1 Å². The molecule has 0 amide bonds. The van der Waals surface area contributed by atoms with Crippen molar-refractivity contribution in [1.82, 2.24) is 4.98 Å². The highest BCUT2D eigenvalue weighted by Gasteiger charge is 2.03. The van der Waals surface area contributed by atoms with E-state index in [1.165, 1.54) is 11.1 Å². The number of halogens is 1. The third kappa shape index (κ3) is 3.23. The molecule has 18 heavy (non-hydrogen) atoms. The Labute approximate surface area is 113 Å². The molecule has 2 rings (SSSR count). The molecule has 1 aromatic carbocycles. The van der Waals surface area contributed by atoms with Crippen molar-refractivity contribution >= 4 is 17.4 Å². The summed E-state index contributed by atoms with van der Waals surface area (Å²) >= 11 is 5.83. The number of hydrogen-bond acceptors (Lipinski definition) is 2. The van der Waals surface area contributed by atoms with Gasteiger partial charge in [-0.3, -0.25) is 0 Å². The summed E-state index contributed by atoms with van der Waals surface area (Å²) in [6.45, 7) is 3.01. The van der Waals surface area contributed by atoms with Crippen molar-refractivity contribution in [3.8, 4) is 0 Å². The molecule has 0 aliphatic rings. The summed E-state index contributed by atoms with van der Waals surface area (Å²) in [4.78, 5) is 6.41. The van der Waals surface area contributed by atoms with Gasteiger partial charge in [0.25, 0.3) is 0 Å². The Morgan fingerprint density at radius 1 is 1.06 bits per heavy atom. The number of anilines is 1. The second-order valence-corrected chi connectivity index (χ2v) is 4.80. The fourth-order valence-electron chi connectivity index (χ4n) is 1.83. The number of benzene rings is 1. The molecule has 0 saturated heterocycles. The van der Waals surface area contributed by atoms with Crippen LogP contribution in [-0.2, 0) is 13.0 Å². The van der Waals surface area contributed by atoms with E-state index in [4.69, 9.17) is 11.6 Å². The van der Waals surface area contributed by atoms with Gasteiger partial charge in [-0.05, 0) is 29.7 Å². The summed E-state index contributed by atoms with van der Waals surface area (Å²) in [6.07, 6.45) is 2.75. The standard InChI is InChI=1S/C15H17ClN2/c1-3-12-4-6-13(7-5-12)11-18(2)15-9-8-14(16)10-17-15/h4-10H,3,11H2,1-2H3. The first kappa shape index (κ1) is 12.9. The molecule has 3 heteroatoms. The van der Waals surface area contributed by atoms with E-state index < -0.39 is 0 Å². The van der Waals surface area contributed by atoms with Gasteiger partial charge in [0.05, 0.1) is 5.02 Å². The van der Waals surface area contributed by atoms with E-state index in [1.807, 2.05) is 19.2 Å². The minimum atomic E-state index is 0.666. The third-order valence-corrected chi connectivity index (χ3v) is 3.18. The number of pyridine rings is 1. The van der Waals surface area contributed by atoms with Crippen LogP contribution in [0.3, 0.4) is 0 Å². The largest absolute Gasteiger partial charge is 0.355 e. The molecule has 0 N–H and O–H groups in total. The molecule has 1 heterocycles. The number of aromatic nitrogens is 1. The van der Waals surface area contributed by atoms with E-state index >= 15 is 0 Å². The molecular weight excluding hydrogens is 244 g/mol. The Hall–Kier alpha value is -1.54. The van der Waals surface area contributed by atoms with Crippen LogP contribution in [0.25, 0.3) is 0 Å². The van der Waals surface area contributed by atoms with Gasteiger partial charge in [-0.15, -0.1) is 0 Å². The molecule has 0 radical (unpaired) electrons. The van der Waals surface area contributed by atoms with Gasteiger partial charge in [0, 0.05) is 19.8 Å². The molecule has 94 valence electrons. The van der Waals surface area contributed by atoms with Crippen LogP contribution in [0, 0.1) is 0 Å². The molecule has 0 spiro atoms. The maximum absolute atomic E-state index is 5.83. The maximum Gasteiger partial charge on any atom is 0.128 e. The van der Waals surface area contributed by atoms with E-state index in [-0.39, 0.29) is 0 Å². The summed E-state index contributed by atoms with van der Waals surface area (Å²) in [5.41, 5.74) is 2.65. The zero-order valence-corrected chi connectivity index (χ0v) is 11.5. The fraction of sp³-hybridized carbons (Fsp3) is 0.267. The lowest BCUT2D eigenvalue weighted by molar-refractivity contribution is 0.896. The van der Waals surface area contributed by atoms with Crippen LogP contribution >= 0.6 is 11.6 Å². The molecule has 0 aliphatic heterocycles. The predicted octanol–water partition coefficient (Wildman–Crippen LogP) is 3.93. The summed E-state index contributed by atoms with van der Waals surface area (Å²) in [5, 5.41) is 0.666. The second-order valence-electron chi connectivity index (χ2n) is 4.36. The zero-order chi connectivity index (χ0) is 13.0. The molecule has 0 aliphatic carbocycles. The van der Waals surface area contributed by atoms with E-state index in [0.29, 0.717) is 5.02 Å². The van der Waals surface area contributed by atoms with E-state index in [1.54, 1.807) is 6.20 Å². The summed E-state index contributed by atoms with van der Waals surface area (Å²) in [5.74, 6) is 0.930. The van der Waals surface area contributed by atoms with E-state index in [9.17, 15) is 0 Å². The van der Waals surface area contributed by atoms with Crippen molar-refractivity contribution in [3.05, 3.63) is 58.7 Å². The Morgan fingerprint density at radius 2 is 1.72 bits per heavy atom. The summed E-state index contributed by atoms with van der Waals surface area (Å²) in [6, 6.07) is 12.5. The van der Waals surface area contributed by atoms with Gasteiger partial charge in [0.15, 0.2) is 0 Å². The van der Waals surface area contributed by atoms with Crippen LogP contribution in [0.2, 0.25) is 5.02 Å². The molecule has 1 aromatic heterocycles. The van der Waals surface area contributed by atoms with Crippen LogP contribution in [-0.4, -0.2) is 12.0 Å². The SMILES string of the molecule is CCc1ccc(CN(C)c2ccc(Cl)cn2)cc1. The lowest BCUT2D eigenvalue weighted by Gasteiger charge is -2.18. The summed E-state index contributed by atoms with van der Waals surface area (Å²) in [7, 11) is 2.03. The first-order valence-electron chi connectivity index (χ1n) is 6.09. The highest BCUT2D eigenvalue weighted by Crippen LogP contribution is 2.15. The Morgan fingerprint density at radius 3 is 2.28 bits per heavy atom. The van der Waals surface area contributed by atoms with Gasteiger partial charge in [-0.25, -0.2) is 4.98 Å². The van der Waals surface area contributed by atoms with Crippen LogP contribution < -0.4 is 4.90 Å². The Kier molecular flexibility index (Phi) is 4.21.